The first kappa shape index (κ1) is 26.2. The molecule has 0 saturated heterocycles. The van der Waals surface area contributed by atoms with Gasteiger partial charge in [0.2, 0.25) is 10.0 Å². The number of amidine groups is 2. The molecule has 0 radical (unpaired) electrons. The van der Waals surface area contributed by atoms with Gasteiger partial charge in [-0.1, -0.05) is 26.8 Å². The second-order valence-electron chi connectivity index (χ2n) is 9.18. The van der Waals surface area contributed by atoms with E-state index in [4.69, 9.17) is 16.0 Å². The number of halogens is 1. The molecule has 34 heavy (non-hydrogen) atoms. The summed E-state index contributed by atoms with van der Waals surface area (Å²) in [4.78, 5) is -0.234. The van der Waals surface area contributed by atoms with Crippen molar-refractivity contribution in [2.24, 2.45) is 14.2 Å². The fourth-order valence-electron chi connectivity index (χ4n) is 3.33. The predicted molar refractivity (Wildman–Crippen MR) is 134 cm³/mol. The van der Waals surface area contributed by atoms with Gasteiger partial charge in [-0.2, -0.15) is 0 Å². The third-order valence-corrected chi connectivity index (χ3v) is 8.24. The van der Waals surface area contributed by atoms with Crippen molar-refractivity contribution in [2.75, 3.05) is 19.4 Å². The van der Waals surface area contributed by atoms with Crippen molar-refractivity contribution in [3.8, 4) is 5.75 Å². The van der Waals surface area contributed by atoms with Crippen LogP contribution in [0.25, 0.3) is 0 Å². The van der Waals surface area contributed by atoms with E-state index in [1.165, 1.54) is 20.2 Å². The number of aryl methyl sites for hydroxylation is 2. The summed E-state index contributed by atoms with van der Waals surface area (Å²) in [6.45, 7) is 9.36. The standard InChI is InChI=1S/C21H28ClN5O5S2/c1-11-8-9-13(15(28)16(11)34(30,31)27(6)7)23-19-20(26-33(29)25-19)24-17(21(3,4)5)14-10-12(2)18(22)32-14/h8-10,17,28H,1-7H3,(H,23,25)(H,24,26)/t17-,33?/m0/s1. The lowest BCUT2D eigenvalue weighted by molar-refractivity contribution is 0.264. The van der Waals surface area contributed by atoms with Gasteiger partial charge in [0.1, 0.15) is 10.7 Å². The molecule has 0 fully saturated rings. The Kier molecular flexibility index (Phi) is 7.19. The highest BCUT2D eigenvalue weighted by atomic mass is 35.5. The molecular weight excluding hydrogens is 502 g/mol. The van der Waals surface area contributed by atoms with Crippen LogP contribution in [0.15, 0.2) is 36.3 Å². The van der Waals surface area contributed by atoms with E-state index in [0.29, 0.717) is 11.3 Å². The Morgan fingerprint density at radius 1 is 1.15 bits per heavy atom. The maximum atomic E-state index is 12.7. The maximum Gasteiger partial charge on any atom is 0.269 e. The van der Waals surface area contributed by atoms with E-state index >= 15 is 0 Å². The summed E-state index contributed by atoms with van der Waals surface area (Å²) >= 11 is 4.20. The summed E-state index contributed by atoms with van der Waals surface area (Å²) in [7, 11) is -1.17. The lowest BCUT2D eigenvalue weighted by Crippen LogP contribution is -2.41. The molecule has 0 saturated carbocycles. The first-order chi connectivity index (χ1) is 15.6. The van der Waals surface area contributed by atoms with E-state index in [9.17, 15) is 17.7 Å². The lowest BCUT2D eigenvalue weighted by atomic mass is 9.85. The Morgan fingerprint density at radius 2 is 1.76 bits per heavy atom. The molecule has 1 aliphatic heterocycles. The van der Waals surface area contributed by atoms with Gasteiger partial charge in [-0.3, -0.25) is 0 Å². The van der Waals surface area contributed by atoms with E-state index in [1.54, 1.807) is 13.0 Å². The average Bonchev–Trinajstić information content (AvgIpc) is 3.21. The van der Waals surface area contributed by atoms with Crippen LogP contribution in [0.3, 0.4) is 0 Å². The zero-order chi connectivity index (χ0) is 25.6. The third-order valence-electron chi connectivity index (χ3n) is 5.19. The molecule has 0 bridgehead atoms. The monoisotopic (exact) mass is 529 g/mol. The molecule has 13 heteroatoms. The molecule has 3 rings (SSSR count). The summed E-state index contributed by atoms with van der Waals surface area (Å²) in [5.41, 5.74) is 0.849. The Morgan fingerprint density at radius 3 is 2.29 bits per heavy atom. The number of aromatic hydroxyl groups is 1. The first-order valence-electron chi connectivity index (χ1n) is 10.3. The van der Waals surface area contributed by atoms with Crippen molar-refractivity contribution in [1.29, 1.82) is 0 Å². The number of sulfonamides is 1. The van der Waals surface area contributed by atoms with Crippen molar-refractivity contribution in [2.45, 2.75) is 45.6 Å². The molecule has 0 spiro atoms. The van der Waals surface area contributed by atoms with Gasteiger partial charge in [0, 0.05) is 19.7 Å². The number of hydrogen-bond donors (Lipinski definition) is 3. The highest BCUT2D eigenvalue weighted by Gasteiger charge is 2.34. The molecule has 10 nitrogen and oxygen atoms in total. The first-order valence-corrected chi connectivity index (χ1v) is 13.2. The van der Waals surface area contributed by atoms with Crippen LogP contribution in [0.1, 0.15) is 43.7 Å². The summed E-state index contributed by atoms with van der Waals surface area (Å²) in [5.74, 6) is 0.330. The topological polar surface area (TPSA) is 137 Å². The third kappa shape index (κ3) is 5.14. The number of phenols is 1. The normalized spacial score (nSPS) is 17.5. The average molecular weight is 530 g/mol. The van der Waals surface area contributed by atoms with Crippen LogP contribution in [-0.2, 0) is 21.2 Å². The minimum absolute atomic E-state index is 0.0716. The van der Waals surface area contributed by atoms with E-state index in [-0.39, 0.29) is 32.9 Å². The largest absolute Gasteiger partial charge is 0.504 e. The Labute approximate surface area is 206 Å². The second kappa shape index (κ2) is 9.33. The van der Waals surface area contributed by atoms with Crippen molar-refractivity contribution in [3.05, 3.63) is 40.3 Å². The van der Waals surface area contributed by atoms with Gasteiger partial charge in [-0.05, 0) is 48.6 Å². The van der Waals surface area contributed by atoms with Crippen LogP contribution in [0.2, 0.25) is 5.22 Å². The van der Waals surface area contributed by atoms with E-state index in [1.807, 2.05) is 33.8 Å². The highest BCUT2D eigenvalue weighted by molar-refractivity contribution is 7.89. The van der Waals surface area contributed by atoms with Crippen molar-refractivity contribution >= 4 is 50.2 Å². The van der Waals surface area contributed by atoms with Crippen LogP contribution >= 0.6 is 11.6 Å². The van der Waals surface area contributed by atoms with Crippen LogP contribution in [-0.4, -0.2) is 47.8 Å². The zero-order valence-corrected chi connectivity index (χ0v) is 22.3. The minimum Gasteiger partial charge on any atom is -0.504 e. The van der Waals surface area contributed by atoms with Gasteiger partial charge < -0.3 is 20.2 Å². The summed E-state index contributed by atoms with van der Waals surface area (Å²) in [5, 5.41) is 17.2. The molecular formula is C21H28ClN5O5S2. The van der Waals surface area contributed by atoms with Crippen LogP contribution in [0, 0.1) is 19.3 Å². The molecule has 186 valence electrons. The number of nitrogens with one attached hydrogen (secondary N) is 2. The summed E-state index contributed by atoms with van der Waals surface area (Å²) in [6, 6.07) is 4.46. The predicted octanol–water partition coefficient (Wildman–Crippen LogP) is 3.68. The minimum atomic E-state index is -3.92. The van der Waals surface area contributed by atoms with Crippen molar-refractivity contribution < 1.29 is 22.2 Å². The summed E-state index contributed by atoms with van der Waals surface area (Å²) < 4.78 is 52.4. The fourth-order valence-corrected chi connectivity index (χ4v) is 5.29. The Balaban J connectivity index is 1.97. The van der Waals surface area contributed by atoms with Crippen molar-refractivity contribution in [3.63, 3.8) is 0 Å². The number of benzene rings is 1. The number of rotatable bonds is 5. The fraction of sp³-hybridized carbons (Fsp3) is 0.429. The van der Waals surface area contributed by atoms with Crippen LogP contribution in [0.5, 0.6) is 5.75 Å². The van der Waals surface area contributed by atoms with Gasteiger partial charge in [-0.15, -0.1) is 8.80 Å². The van der Waals surface area contributed by atoms with Gasteiger partial charge in [-0.25, -0.2) is 16.9 Å². The SMILES string of the molecule is Cc1cc([C@H](NC2=NS(=O)N=C2Nc2ccc(C)c(S(=O)(=O)N(C)C)c2O)C(C)(C)C)oc1Cl. The molecule has 2 aromatic rings. The molecule has 1 unspecified atom stereocenters. The van der Waals surface area contributed by atoms with Gasteiger partial charge in [0.25, 0.3) is 11.2 Å². The van der Waals surface area contributed by atoms with E-state index in [2.05, 4.69) is 19.4 Å². The smallest absolute Gasteiger partial charge is 0.269 e. The zero-order valence-electron chi connectivity index (χ0n) is 19.9. The molecule has 3 N–H and O–H groups in total. The molecule has 1 aromatic carbocycles. The quantitative estimate of drug-likeness (QED) is 0.502. The Hall–Kier alpha value is -2.41. The highest BCUT2D eigenvalue weighted by Crippen LogP contribution is 2.37. The van der Waals surface area contributed by atoms with E-state index in [0.717, 1.165) is 9.87 Å². The number of hydrogen-bond acceptors (Lipinski definition) is 7. The molecule has 0 amide bonds. The summed E-state index contributed by atoms with van der Waals surface area (Å²) in [6.07, 6.45) is 0. The number of phenolic OH excluding ortho intramolecular Hbond substituents is 1. The molecule has 2 heterocycles. The number of anilines is 1. The van der Waals surface area contributed by atoms with Crippen LogP contribution < -0.4 is 10.6 Å². The van der Waals surface area contributed by atoms with Crippen molar-refractivity contribution in [1.82, 2.24) is 9.62 Å². The molecule has 1 aromatic heterocycles. The molecule has 0 aliphatic carbocycles. The van der Waals surface area contributed by atoms with Gasteiger partial charge in [0.15, 0.2) is 22.6 Å². The molecule has 1 aliphatic rings. The Bertz CT molecular complexity index is 1290. The lowest BCUT2D eigenvalue weighted by Gasteiger charge is -2.30. The number of nitrogens with zero attached hydrogens (tertiary/aromatic N) is 3. The van der Waals surface area contributed by atoms with Gasteiger partial charge >= 0.3 is 0 Å². The van der Waals surface area contributed by atoms with E-state index < -0.39 is 33.0 Å². The van der Waals surface area contributed by atoms with Gasteiger partial charge in [0.05, 0.1) is 11.7 Å². The number of furan rings is 1. The molecule has 2 atom stereocenters. The maximum absolute atomic E-state index is 12.7. The van der Waals surface area contributed by atoms with Crippen LogP contribution in [0.4, 0.5) is 5.69 Å². The second-order valence-corrected chi connectivity index (χ2v) is 12.4.